The summed E-state index contributed by atoms with van der Waals surface area (Å²) < 4.78 is 35.5. The zero-order chi connectivity index (χ0) is 25.9. The molecule has 3 aliphatic rings. The molecule has 2 aliphatic heterocycles. The molecular weight excluding hydrogens is 394 g/mol. The molecule has 170 valence electrons. The number of hydrogen-bond donors (Lipinski definition) is 1. The number of anilines is 1. The summed E-state index contributed by atoms with van der Waals surface area (Å²) in [4.78, 5) is 15.3. The SMILES string of the molecule is [2H]C1([2H])CC2(CC(N3CCC[C@H]3c3ccccc3C(C)C)C2)CC([2H])([2H])N1c1ccc(C(N)=O)cc1. The van der Waals surface area contributed by atoms with Crippen molar-refractivity contribution in [2.45, 2.75) is 70.4 Å². The molecule has 2 aromatic carbocycles. The third-order valence-corrected chi connectivity index (χ3v) is 7.71. The molecule has 0 unspecified atom stereocenters. The van der Waals surface area contributed by atoms with Crippen LogP contribution in [0.2, 0.25) is 0 Å². The lowest BCUT2D eigenvalue weighted by atomic mass is 9.59. The fraction of sp³-hybridized carbons (Fsp3) is 0.536. The van der Waals surface area contributed by atoms with E-state index < -0.39 is 18.9 Å². The van der Waals surface area contributed by atoms with Crippen LogP contribution >= 0.6 is 0 Å². The van der Waals surface area contributed by atoms with Crippen LogP contribution < -0.4 is 10.6 Å². The summed E-state index contributed by atoms with van der Waals surface area (Å²) in [5.41, 5.74) is 8.59. The van der Waals surface area contributed by atoms with Crippen LogP contribution in [0.3, 0.4) is 0 Å². The lowest BCUT2D eigenvalue weighted by molar-refractivity contribution is -0.0227. The van der Waals surface area contributed by atoms with E-state index in [1.165, 1.54) is 28.2 Å². The highest BCUT2D eigenvalue weighted by Crippen LogP contribution is 2.54. The molecule has 0 radical (unpaired) electrons. The minimum atomic E-state index is -1.84. The fourth-order valence-electron chi connectivity index (χ4n) is 5.93. The predicted octanol–water partition coefficient (Wildman–Crippen LogP) is 5.50. The Morgan fingerprint density at radius 1 is 1.09 bits per heavy atom. The van der Waals surface area contributed by atoms with Crippen LogP contribution in [0.4, 0.5) is 5.69 Å². The first kappa shape index (κ1) is 17.2. The van der Waals surface area contributed by atoms with Crippen molar-refractivity contribution in [3.05, 3.63) is 65.2 Å². The van der Waals surface area contributed by atoms with E-state index in [1.54, 1.807) is 12.1 Å². The van der Waals surface area contributed by atoms with Crippen molar-refractivity contribution in [2.24, 2.45) is 11.1 Å². The van der Waals surface area contributed by atoms with E-state index in [1.807, 2.05) is 0 Å². The van der Waals surface area contributed by atoms with Gasteiger partial charge >= 0.3 is 0 Å². The van der Waals surface area contributed by atoms with E-state index in [9.17, 15) is 4.79 Å². The Morgan fingerprint density at radius 3 is 2.44 bits per heavy atom. The fourth-order valence-corrected chi connectivity index (χ4v) is 5.93. The normalized spacial score (nSPS) is 28.6. The molecule has 2 saturated heterocycles. The molecule has 1 aliphatic carbocycles. The first-order valence-corrected chi connectivity index (χ1v) is 12.0. The maximum atomic E-state index is 11.4. The number of piperidine rings is 1. The van der Waals surface area contributed by atoms with Gasteiger partial charge in [-0.2, -0.15) is 0 Å². The number of rotatable bonds is 5. The average molecular weight is 436 g/mol. The maximum Gasteiger partial charge on any atom is 0.248 e. The molecule has 0 aromatic heterocycles. The summed E-state index contributed by atoms with van der Waals surface area (Å²) in [5, 5.41) is 0. The highest BCUT2D eigenvalue weighted by Gasteiger charge is 2.49. The van der Waals surface area contributed by atoms with Gasteiger partial charge in [0.25, 0.3) is 0 Å². The summed E-state index contributed by atoms with van der Waals surface area (Å²) in [5.74, 6) is -0.0841. The van der Waals surface area contributed by atoms with Gasteiger partial charge < -0.3 is 10.6 Å². The van der Waals surface area contributed by atoms with E-state index in [4.69, 9.17) is 11.2 Å². The second-order valence-corrected chi connectivity index (χ2v) is 10.2. The largest absolute Gasteiger partial charge is 0.371 e. The predicted molar refractivity (Wildman–Crippen MR) is 131 cm³/mol. The summed E-state index contributed by atoms with van der Waals surface area (Å²) in [6, 6.07) is 15.8. The van der Waals surface area contributed by atoms with Gasteiger partial charge in [-0.25, -0.2) is 0 Å². The molecule has 0 bridgehead atoms. The number of hydrogen-bond acceptors (Lipinski definition) is 3. The minimum absolute atomic E-state index is 0.300. The number of nitrogens with zero attached hydrogens (tertiary/aromatic N) is 2. The van der Waals surface area contributed by atoms with Crippen molar-refractivity contribution in [2.75, 3.05) is 24.4 Å². The Bertz CT molecular complexity index is 1110. The van der Waals surface area contributed by atoms with Gasteiger partial charge in [0.05, 0.1) is 0 Å². The van der Waals surface area contributed by atoms with Gasteiger partial charge in [0.2, 0.25) is 5.91 Å². The van der Waals surface area contributed by atoms with Gasteiger partial charge in [-0.1, -0.05) is 38.1 Å². The lowest BCUT2D eigenvalue weighted by Gasteiger charge is -2.56. The molecule has 3 fully saturated rings. The van der Waals surface area contributed by atoms with Crippen molar-refractivity contribution in [1.29, 1.82) is 0 Å². The van der Waals surface area contributed by atoms with Crippen molar-refractivity contribution in [1.82, 2.24) is 4.90 Å². The highest BCUT2D eigenvalue weighted by molar-refractivity contribution is 5.93. The molecule has 1 atom stereocenters. The van der Waals surface area contributed by atoms with Crippen LogP contribution in [0.15, 0.2) is 48.5 Å². The van der Waals surface area contributed by atoms with Gasteiger partial charge in [0.15, 0.2) is 0 Å². The molecule has 2 heterocycles. The standard InChI is InChI=1S/C28H37N3O/c1-20(2)24-6-3-4-7-25(24)26-8-5-15-31(26)23-18-28(19-23)13-16-30(17-14-28)22-11-9-21(10-12-22)27(29)32/h3-4,6-7,9-12,20,23,26H,5,8,13-19H2,1-2H3,(H2,29,32)/t26-/m0/s1/i16D2,17D2. The number of amides is 1. The molecule has 1 spiro atoms. The summed E-state index contributed by atoms with van der Waals surface area (Å²) in [6.45, 7) is 1.87. The summed E-state index contributed by atoms with van der Waals surface area (Å²) in [6.07, 6.45) is 4.58. The Morgan fingerprint density at radius 2 is 1.78 bits per heavy atom. The lowest BCUT2D eigenvalue weighted by Crippen LogP contribution is -2.54. The van der Waals surface area contributed by atoms with Crippen LogP contribution in [-0.4, -0.2) is 36.4 Å². The molecule has 2 N–H and O–H groups in total. The van der Waals surface area contributed by atoms with Gasteiger partial charge in [0.1, 0.15) is 0 Å². The van der Waals surface area contributed by atoms with Crippen molar-refractivity contribution < 1.29 is 10.3 Å². The first-order valence-electron chi connectivity index (χ1n) is 14.0. The number of likely N-dealkylation sites (tertiary alicyclic amines) is 1. The van der Waals surface area contributed by atoms with E-state index in [0.717, 1.165) is 32.2 Å². The number of carbonyl (C=O) groups is 1. The van der Waals surface area contributed by atoms with E-state index in [-0.39, 0.29) is 5.41 Å². The van der Waals surface area contributed by atoms with Crippen LogP contribution in [-0.2, 0) is 0 Å². The maximum absolute atomic E-state index is 11.4. The van der Waals surface area contributed by atoms with Crippen LogP contribution in [0.25, 0.3) is 0 Å². The van der Waals surface area contributed by atoms with E-state index in [2.05, 4.69) is 43.0 Å². The van der Waals surface area contributed by atoms with Gasteiger partial charge in [-0.05, 0) is 91.8 Å². The molecule has 2 aromatic rings. The monoisotopic (exact) mass is 435 g/mol. The molecule has 1 amide bonds. The zero-order valence-corrected chi connectivity index (χ0v) is 19.2. The Labute approximate surface area is 198 Å². The topological polar surface area (TPSA) is 49.6 Å². The Kier molecular flexibility index (Phi) is 4.59. The summed E-state index contributed by atoms with van der Waals surface area (Å²) in [7, 11) is 0. The van der Waals surface area contributed by atoms with Crippen molar-refractivity contribution in [3.8, 4) is 0 Å². The number of nitrogens with two attached hydrogens (primary N) is 1. The van der Waals surface area contributed by atoms with Crippen LogP contribution in [0, 0.1) is 5.41 Å². The van der Waals surface area contributed by atoms with Gasteiger partial charge in [-0.3, -0.25) is 9.69 Å². The third-order valence-electron chi connectivity index (χ3n) is 7.71. The van der Waals surface area contributed by atoms with Crippen molar-refractivity contribution in [3.63, 3.8) is 0 Å². The molecule has 1 saturated carbocycles. The smallest absolute Gasteiger partial charge is 0.248 e. The minimum Gasteiger partial charge on any atom is -0.371 e. The number of primary amides is 1. The second-order valence-electron chi connectivity index (χ2n) is 10.2. The van der Waals surface area contributed by atoms with E-state index in [0.29, 0.717) is 42.1 Å². The second kappa shape index (κ2) is 8.55. The van der Waals surface area contributed by atoms with Crippen molar-refractivity contribution >= 4 is 11.6 Å². The molecule has 32 heavy (non-hydrogen) atoms. The molecule has 4 heteroatoms. The van der Waals surface area contributed by atoms with Gasteiger partial charge in [-0.15, -0.1) is 0 Å². The molecule has 5 rings (SSSR count). The first-order chi connectivity index (χ1) is 16.9. The van der Waals surface area contributed by atoms with Gasteiger partial charge in [0, 0.05) is 41.8 Å². The average Bonchev–Trinajstić information content (AvgIpc) is 3.25. The molecule has 4 nitrogen and oxygen atoms in total. The van der Waals surface area contributed by atoms with Crippen LogP contribution in [0.1, 0.15) is 91.3 Å². The quantitative estimate of drug-likeness (QED) is 0.675. The third kappa shape index (κ3) is 3.94. The Balaban J connectivity index is 1.34. The van der Waals surface area contributed by atoms with E-state index >= 15 is 0 Å². The zero-order valence-electron chi connectivity index (χ0n) is 23.2. The van der Waals surface area contributed by atoms with Crippen LogP contribution in [0.5, 0.6) is 0 Å². The molecular formula is C28H37N3O. The summed E-state index contributed by atoms with van der Waals surface area (Å²) >= 11 is 0. The Hall–Kier alpha value is -2.33. The number of carbonyl (C=O) groups excluding carboxylic acids is 1. The number of benzene rings is 2. The highest BCUT2D eigenvalue weighted by atomic mass is 16.1.